The Morgan fingerprint density at radius 3 is 2.29 bits per heavy atom. The number of benzene rings is 1. The maximum Gasteiger partial charge on any atom is 0.252 e. The van der Waals surface area contributed by atoms with Crippen LogP contribution in [0.5, 0.6) is 0 Å². The number of likely N-dealkylation sites (N-methyl/N-ethyl adjacent to an activating group) is 1. The summed E-state index contributed by atoms with van der Waals surface area (Å²) in [6.45, 7) is 1.83. The van der Waals surface area contributed by atoms with Crippen LogP contribution in [0.4, 0.5) is 0 Å². The summed E-state index contributed by atoms with van der Waals surface area (Å²) in [5, 5.41) is 10.5. The van der Waals surface area contributed by atoms with Gasteiger partial charge in [-0.05, 0) is 38.5 Å². The van der Waals surface area contributed by atoms with Gasteiger partial charge in [-0.2, -0.15) is 0 Å². The minimum atomic E-state index is -1.46. The number of rotatable bonds is 5. The molecule has 2 rings (SSSR count). The number of nitrogens with two attached hydrogens (primary N) is 1. The van der Waals surface area contributed by atoms with Gasteiger partial charge in [0.15, 0.2) is 0 Å². The molecule has 2 amide bonds. The van der Waals surface area contributed by atoms with Crippen molar-refractivity contribution in [2.75, 3.05) is 27.2 Å². The summed E-state index contributed by atoms with van der Waals surface area (Å²) >= 11 is 0. The summed E-state index contributed by atoms with van der Waals surface area (Å²) in [5.74, 6) is -2.18. The van der Waals surface area contributed by atoms with Crippen LogP contribution in [0.2, 0.25) is 0 Å². The van der Waals surface area contributed by atoms with Crippen LogP contribution in [-0.4, -0.2) is 66.1 Å². The summed E-state index contributed by atoms with van der Waals surface area (Å²) < 4.78 is 0. The lowest BCUT2D eigenvalue weighted by molar-refractivity contribution is -0.145. The SMILES string of the molecule is CN1CCC(N(C)C(=O)C(O)C(C(N)=O)c2ccccc2)CC1.Cl. The van der Waals surface area contributed by atoms with E-state index in [0.717, 1.165) is 25.9 Å². The Bertz CT molecular complexity index is 547. The average molecular weight is 356 g/mol. The highest BCUT2D eigenvalue weighted by molar-refractivity contribution is 5.92. The fraction of sp³-hybridized carbons (Fsp3) is 0.529. The van der Waals surface area contributed by atoms with Crippen LogP contribution in [0.25, 0.3) is 0 Å². The molecular formula is C17H26ClN3O3. The van der Waals surface area contributed by atoms with Crippen LogP contribution in [-0.2, 0) is 9.59 Å². The molecule has 0 aromatic heterocycles. The second kappa shape index (κ2) is 9.01. The van der Waals surface area contributed by atoms with E-state index in [1.165, 1.54) is 0 Å². The number of hydrogen-bond donors (Lipinski definition) is 2. The van der Waals surface area contributed by atoms with Crippen molar-refractivity contribution in [2.24, 2.45) is 5.73 Å². The van der Waals surface area contributed by atoms with Crippen molar-refractivity contribution in [3.63, 3.8) is 0 Å². The molecule has 2 atom stereocenters. The lowest BCUT2D eigenvalue weighted by atomic mass is 9.91. The van der Waals surface area contributed by atoms with E-state index >= 15 is 0 Å². The van der Waals surface area contributed by atoms with Gasteiger partial charge in [0.25, 0.3) is 5.91 Å². The number of amides is 2. The van der Waals surface area contributed by atoms with E-state index in [9.17, 15) is 14.7 Å². The zero-order valence-electron chi connectivity index (χ0n) is 14.1. The topological polar surface area (TPSA) is 86.9 Å². The third-order valence-corrected chi connectivity index (χ3v) is 4.62. The molecule has 134 valence electrons. The van der Waals surface area contributed by atoms with Gasteiger partial charge in [-0.25, -0.2) is 0 Å². The number of likely N-dealkylation sites (tertiary alicyclic amines) is 1. The monoisotopic (exact) mass is 355 g/mol. The van der Waals surface area contributed by atoms with Crippen molar-refractivity contribution < 1.29 is 14.7 Å². The molecule has 0 radical (unpaired) electrons. The van der Waals surface area contributed by atoms with Gasteiger partial charge in [0.05, 0.1) is 5.92 Å². The van der Waals surface area contributed by atoms with Gasteiger partial charge in [-0.1, -0.05) is 30.3 Å². The van der Waals surface area contributed by atoms with Crippen LogP contribution in [0, 0.1) is 0 Å². The third-order valence-electron chi connectivity index (χ3n) is 4.62. The summed E-state index contributed by atoms with van der Waals surface area (Å²) in [4.78, 5) is 28.1. The van der Waals surface area contributed by atoms with Gasteiger partial charge in [0, 0.05) is 13.1 Å². The maximum absolute atomic E-state index is 12.6. The van der Waals surface area contributed by atoms with Gasteiger partial charge in [-0.15, -0.1) is 12.4 Å². The normalized spacial score (nSPS) is 18.3. The highest BCUT2D eigenvalue weighted by atomic mass is 35.5. The zero-order chi connectivity index (χ0) is 17.0. The largest absolute Gasteiger partial charge is 0.382 e. The van der Waals surface area contributed by atoms with Crippen LogP contribution in [0.3, 0.4) is 0 Å². The average Bonchev–Trinajstić information content (AvgIpc) is 2.55. The Hall–Kier alpha value is -1.63. The molecule has 0 bridgehead atoms. The van der Waals surface area contributed by atoms with Gasteiger partial charge in [0.2, 0.25) is 5.91 Å². The van der Waals surface area contributed by atoms with Crippen molar-refractivity contribution >= 4 is 24.2 Å². The zero-order valence-corrected chi connectivity index (χ0v) is 14.9. The second-order valence-corrected chi connectivity index (χ2v) is 6.22. The van der Waals surface area contributed by atoms with E-state index in [0.29, 0.717) is 5.56 Å². The fourth-order valence-electron chi connectivity index (χ4n) is 3.08. The van der Waals surface area contributed by atoms with Gasteiger partial charge in [-0.3, -0.25) is 9.59 Å². The lowest BCUT2D eigenvalue weighted by Gasteiger charge is -2.36. The molecule has 6 nitrogen and oxygen atoms in total. The first kappa shape index (κ1) is 20.4. The number of aliphatic hydroxyl groups excluding tert-OH is 1. The molecule has 1 aliphatic rings. The molecule has 1 heterocycles. The first-order valence-electron chi connectivity index (χ1n) is 7.89. The molecule has 1 fully saturated rings. The molecule has 0 aliphatic carbocycles. The number of primary amides is 1. The van der Waals surface area contributed by atoms with Gasteiger partial charge >= 0.3 is 0 Å². The summed E-state index contributed by atoms with van der Waals surface area (Å²) in [7, 11) is 3.73. The number of carbonyl (C=O) groups is 2. The Morgan fingerprint density at radius 2 is 1.79 bits per heavy atom. The summed E-state index contributed by atoms with van der Waals surface area (Å²) in [5.41, 5.74) is 5.98. The molecule has 1 aliphatic heterocycles. The molecule has 1 aromatic rings. The predicted octanol–water partition coefficient (Wildman–Crippen LogP) is 0.591. The van der Waals surface area contributed by atoms with E-state index in [1.54, 1.807) is 42.3 Å². The van der Waals surface area contributed by atoms with Crippen molar-refractivity contribution in [1.82, 2.24) is 9.80 Å². The molecule has 7 heteroatoms. The van der Waals surface area contributed by atoms with Crippen molar-refractivity contribution in [3.8, 4) is 0 Å². The van der Waals surface area contributed by atoms with Crippen LogP contribution in [0.1, 0.15) is 24.3 Å². The van der Waals surface area contributed by atoms with E-state index in [-0.39, 0.29) is 18.4 Å². The number of halogens is 1. The highest BCUT2D eigenvalue weighted by Crippen LogP contribution is 2.23. The molecule has 1 saturated heterocycles. The number of piperidine rings is 1. The van der Waals surface area contributed by atoms with E-state index in [1.807, 2.05) is 7.05 Å². The van der Waals surface area contributed by atoms with Crippen molar-refractivity contribution in [1.29, 1.82) is 0 Å². The molecule has 1 aromatic carbocycles. The van der Waals surface area contributed by atoms with E-state index in [4.69, 9.17) is 5.73 Å². The standard InChI is InChI=1S/C17H25N3O3.ClH/c1-19-10-8-13(9-11-19)20(2)17(23)15(21)14(16(18)22)12-6-4-3-5-7-12;/h3-7,13-15,21H,8-11H2,1-2H3,(H2,18,22);1H. The van der Waals surface area contributed by atoms with Crippen LogP contribution in [0.15, 0.2) is 30.3 Å². The number of aliphatic hydroxyl groups is 1. The smallest absolute Gasteiger partial charge is 0.252 e. The van der Waals surface area contributed by atoms with Crippen LogP contribution >= 0.6 is 12.4 Å². The molecule has 0 saturated carbocycles. The number of carbonyl (C=O) groups excluding carboxylic acids is 2. The number of hydrogen-bond acceptors (Lipinski definition) is 4. The summed E-state index contributed by atoms with van der Waals surface area (Å²) in [6, 6.07) is 8.79. The third kappa shape index (κ3) is 4.69. The molecule has 24 heavy (non-hydrogen) atoms. The Morgan fingerprint density at radius 1 is 1.25 bits per heavy atom. The first-order valence-corrected chi connectivity index (χ1v) is 7.89. The molecule has 0 spiro atoms. The van der Waals surface area contributed by atoms with E-state index in [2.05, 4.69) is 4.90 Å². The fourth-order valence-corrected chi connectivity index (χ4v) is 3.08. The van der Waals surface area contributed by atoms with Gasteiger partial charge in [0.1, 0.15) is 6.10 Å². The van der Waals surface area contributed by atoms with E-state index < -0.39 is 23.8 Å². The highest BCUT2D eigenvalue weighted by Gasteiger charge is 2.36. The van der Waals surface area contributed by atoms with Gasteiger partial charge < -0.3 is 20.6 Å². The second-order valence-electron chi connectivity index (χ2n) is 6.22. The Balaban J connectivity index is 0.00000288. The molecule has 3 N–H and O–H groups in total. The predicted molar refractivity (Wildman–Crippen MR) is 94.9 cm³/mol. The van der Waals surface area contributed by atoms with Crippen molar-refractivity contribution in [2.45, 2.75) is 30.9 Å². The molecular weight excluding hydrogens is 330 g/mol. The minimum Gasteiger partial charge on any atom is -0.382 e. The van der Waals surface area contributed by atoms with Crippen LogP contribution < -0.4 is 5.73 Å². The van der Waals surface area contributed by atoms with Crippen molar-refractivity contribution in [3.05, 3.63) is 35.9 Å². The maximum atomic E-state index is 12.6. The summed E-state index contributed by atoms with van der Waals surface area (Å²) in [6.07, 6.45) is 0.260. The quantitative estimate of drug-likeness (QED) is 0.809. The number of nitrogens with zero attached hydrogens (tertiary/aromatic N) is 2. The Labute approximate surface area is 149 Å². The molecule has 2 unspecified atom stereocenters. The first-order chi connectivity index (χ1) is 10.9. The lowest BCUT2D eigenvalue weighted by Crippen LogP contribution is -2.50. The minimum absolute atomic E-state index is 0. The Kier molecular flexibility index (Phi) is 7.66.